The average molecular weight is 1060 g/mol. The van der Waals surface area contributed by atoms with E-state index in [4.69, 9.17) is 22.6 Å². The first-order valence-electron chi connectivity index (χ1n) is 22.6. The molecule has 0 aliphatic rings. The molecule has 0 bridgehead atoms. The molecule has 0 saturated heterocycles. The van der Waals surface area contributed by atoms with Gasteiger partial charge < -0.3 is 9.84 Å². The average Bonchev–Trinajstić information content (AvgIpc) is 3.19. The van der Waals surface area contributed by atoms with Gasteiger partial charge >= 0.3 is 5.97 Å². The first-order valence-corrected chi connectivity index (χ1v) is 15.6. The van der Waals surface area contributed by atoms with Gasteiger partial charge in [0.05, 0.1) is 14.3 Å². The van der Waals surface area contributed by atoms with Gasteiger partial charge in [0.15, 0.2) is 0 Å². The van der Waals surface area contributed by atoms with Gasteiger partial charge in [-0.3, -0.25) is 9.69 Å². The maximum Gasteiger partial charge on any atom is 0.316 e. The summed E-state index contributed by atoms with van der Waals surface area (Å²) in [5.74, 6) is -0.223. The van der Waals surface area contributed by atoms with E-state index < -0.39 is 17.5 Å². The largest absolute Gasteiger partial charge is 0.426 e. The van der Waals surface area contributed by atoms with Crippen molar-refractivity contribution in [1.29, 1.82) is 0 Å². The summed E-state index contributed by atoms with van der Waals surface area (Å²) in [5.41, 5.74) is 3.87. The van der Waals surface area contributed by atoms with E-state index in [2.05, 4.69) is 79.3 Å². The maximum atomic E-state index is 13.5. The molecule has 4 heteroatoms. The quantitative estimate of drug-likeness (QED) is 0.160. The topological polar surface area (TPSA) is 49.8 Å². The van der Waals surface area contributed by atoms with Crippen molar-refractivity contribution >= 4 is 5.97 Å². The van der Waals surface area contributed by atoms with Crippen molar-refractivity contribution in [3.63, 3.8) is 0 Å². The number of aliphatic hydroxyl groups is 1. The molecule has 0 radical (unpaired) electrons. The molecule has 2 rings (SSSR count). The van der Waals surface area contributed by atoms with Crippen LogP contribution in [0.2, 0.25) is 0 Å². The van der Waals surface area contributed by atoms with E-state index in [9.17, 15) is 12.6 Å². The fraction of sp³-hybridized carbons (Fsp3) is 0.649. The van der Waals surface area contributed by atoms with Gasteiger partial charge in [0.2, 0.25) is 0 Å². The SMILES string of the molecule is [2H][2H].[2H][2H].[2H][2H].[2H][2H].[2H][2H].[2H][2H].[2H]c1c(C)c(C(C)O)c([2H])c([C@@H](c2cccc(C)c2C)C(C)CN(C(C)CC)C(C)(C)C(C)C)c1OC(=O)C(C)(C)CC.[HH].[HH].[HH].[HH].[HH].[HH].[HH].[HH].[HH].[HH].[HH].[HH].[HH].[HH].[HH].[HH].[HH].[HH].[HH].[HH].[HH].[HH].[HH].[HH].[HH].[HH].[HH].[HH].[HH].[HH].[HH].[HH].[HH].[HH].[HH].[HH].[HH].[HH].[HH].[HH].[HH].[HH].[HH].[HH].[HH].[HH].[HH].[HH].[HH].[HH].[HH].[HH].[HH].[HH].[HH].[HH].[HH].[HH].[HH].[HH].[HH].[HH].[HH].[HH].[HH].[HH].[HH].[HH].[HH].[HH].[HH].[HH].[HH].[HH].[HH].[HH].[HH].[HH].[HH].[HH].[HH].[HH].[HH].[HH].[HH].[HH].[HH].[HH].[HH].[HH].[HH].[HH].[HH].[HH].[HH].[HH].[HH].[HH].[HH].[HH].[HH].[HH].[HH].[HH].[HH].[HH].[HH].[HH].[HH].[HH].[HH].[HH].[HH].[HH].[HH].[HH].[HH].[HH].[HH].[HH].[HH].[HH].[HH].[HH].[HH].[HH].[HH].[HH].[HH].[HH].[HH].[HH].[HH].[HH].[HH].[HH].[HH].[HH].[HH].[HH].[HH].[HH].[HH].[HH].[HH].[HH].[HH].[HH].[HH].[HH].[HH].[HH].[HH].[HH].[HH].[HH].[HH].[HH].[HH].[HH].[HH].[HH].[HH].[HH].[HH].[HH].[HH].[HH].[HH].[HH].[HH].[HH].[HH].[HH].[HH].[HH].[HH].[HH].[HH].[HH].[HH].[HH].[HH].[HH].[HH].[HH].[HH].[HH].[HH].[HH].[HH].[HH].[HH].[HH].[HH].[HH].[HH].[HH].[HH].[HH].[HH].[HH].[HH].[HH].[HH].[HH].[HH].[HH].[HH].[HH].[HH].[HH].[HH].[HH].[HH].[HH].[HH].[HH].[HH].[HH].[HH].[HH].[HH].[HH].[HH].[HH].[HH].[HH].[HH].[HH].[HH].[HH].[HH]. The maximum absolute atomic E-state index is 13.5. The molecule has 0 aromatic heterocycles. The number of hydrogen-bond acceptors (Lipinski definition) is 4. The van der Waals surface area contributed by atoms with Gasteiger partial charge in [0.25, 0.3) is 0 Å². The molecule has 41 heavy (non-hydrogen) atoms. The van der Waals surface area contributed by atoms with Crippen molar-refractivity contribution in [2.24, 2.45) is 17.3 Å². The van der Waals surface area contributed by atoms with E-state index in [-0.39, 0.29) is 368 Å². The summed E-state index contributed by atoms with van der Waals surface area (Å²) in [7, 11) is 0. The van der Waals surface area contributed by atoms with Gasteiger partial charge in [-0.05, 0) is 127 Å². The van der Waals surface area contributed by atoms with E-state index >= 15 is 0 Å². The minimum atomic E-state index is -0.946. The van der Waals surface area contributed by atoms with E-state index in [1.54, 1.807) is 13.8 Å². The van der Waals surface area contributed by atoms with Gasteiger partial charge in [0, 0.05) is 380 Å². The molecule has 0 aliphatic heterocycles. The molecular weight excluding hydrogens is 506 g/mol. The van der Waals surface area contributed by atoms with Crippen LogP contribution in [0.15, 0.2) is 30.3 Å². The molecule has 708 valence electrons. The summed E-state index contributed by atoms with van der Waals surface area (Å²) in [6, 6.07) is 6.78. The first-order chi connectivity index (χ1) is 25.8. The Labute approximate surface area is 619 Å². The zero-order valence-electron chi connectivity index (χ0n) is 42.5. The first kappa shape index (κ1) is 24.3. The zero-order valence-corrected chi connectivity index (χ0v) is 28.5. The molecule has 1 N–H and O–H groups in total. The highest BCUT2D eigenvalue weighted by molar-refractivity contribution is 5.79. The molecule has 3 unspecified atom stereocenters. The lowest BCUT2D eigenvalue weighted by Crippen LogP contribution is -2.54. The molecule has 0 amide bonds. The van der Waals surface area contributed by atoms with Crippen molar-refractivity contribution in [3.05, 3.63) is 63.7 Å². The Morgan fingerprint density at radius 1 is 1.02 bits per heavy atom. The smallest absolute Gasteiger partial charge is 0.316 e. The third-order valence-electron chi connectivity index (χ3n) is 9.89. The number of ether oxygens (including phenoxy) is 1. The Bertz CT molecular complexity index is 1440. The van der Waals surface area contributed by atoms with Crippen molar-refractivity contribution < 1.29 is 368 Å². The van der Waals surface area contributed by atoms with Gasteiger partial charge in [-0.15, -0.1) is 0 Å². The molecule has 2 aromatic carbocycles. The van der Waals surface area contributed by atoms with Crippen LogP contribution in [0, 0.1) is 38.0 Å². The monoisotopic (exact) mass is 1060 g/mol. The molecule has 0 fully saturated rings. The van der Waals surface area contributed by atoms with Crippen molar-refractivity contribution in [2.45, 2.75) is 133 Å². The predicted octanol–water partition coefficient (Wildman–Crippen LogP) is 68.1. The third kappa shape index (κ3) is 7.82. The summed E-state index contributed by atoms with van der Waals surface area (Å²) >= 11 is 0. The number of carbonyl (C=O) groups excluding carboxylic acids is 1. The summed E-state index contributed by atoms with van der Waals surface area (Å²) < 4.78 is 85.0. The van der Waals surface area contributed by atoms with E-state index in [1.165, 1.54) is 0 Å². The second-order valence-electron chi connectivity index (χ2n) is 13.8. The zero-order chi connectivity index (χ0) is 45.2. The fourth-order valence-corrected chi connectivity index (χ4v) is 5.50. The summed E-state index contributed by atoms with van der Waals surface area (Å²) in [5, 5.41) is 10.9. The number of carbonyl (C=O) groups is 1. The normalized spacial score (nSPS) is 17.5. The van der Waals surface area contributed by atoms with Crippen LogP contribution in [0.3, 0.4) is 0 Å². The minimum Gasteiger partial charge on any atom is -0.426 e. The molecule has 4 nitrogen and oxygen atoms in total. The van der Waals surface area contributed by atoms with Gasteiger partial charge in [-0.2, -0.15) is 0 Å². The number of hydrogen-bond donors (Lipinski definition) is 1. The van der Waals surface area contributed by atoms with Crippen LogP contribution in [0.4, 0.5) is 0 Å². The van der Waals surface area contributed by atoms with Crippen LogP contribution < -0.4 is 4.74 Å². The van der Waals surface area contributed by atoms with Crippen molar-refractivity contribution in [2.75, 3.05) is 6.54 Å². The standard InChI is InChI=1S/C37H59NO3.239H2/c1-15-27(8)38(37(13,14)23(3)4)22-26(7)34(30-19-17-18-24(5)28(30)9)32-21-31(29(10)39)25(6)20-33(32)41-35(40)36(11,12)16-2;;;;;;;;;;;;;;;;;;;;;;;;;;;;;;;;;;;;;;;;;;;;;;;;;;;;;;;;;;;;;;;;;;;;;;;;;;;;;;;;;;;;;;;;;;;;;;;;;;;;;;;;;;;;;;;;;;;;;;;;;;;;;;;;;;;;;;;;;;;;;;;;;;;;;;;;;;;;;;;;;;;;;;;;;;;;;;;;;;;;;;;;;;;;;;;;;;;;;;;;;;;;;;;;;;;;;;;;;;;;;;;;;;;;;;;;;;;;;;;/h17-21,23,26-27,29,34,39H,15-16,22H2,1-14H3;239*1H/t26?,27?,29?,34-;;;;;;;;;;;;;;;;;;;;;;;;;;;;;;;;;;;;;;;;;;;;;;;;;;;;;;;;;;;;;;;;;;;;;;;;;;;;;;;;;;;;;;;;;;;;;;;;;;;;;;;;;;;;;;;;;;;;;;;;;;;;;;;;;;;;;;;;;;;;;;;;;;;;;;;;;;;;;;;;;;;;;;;;;;;;;;;;;;;;;;;;;;;;;;;;;;;;;;;;;;;;;;;;;;;;;;;;;;;;;;;;;;;;;;;;;;;;;;;/m1.............................................................................................................................................................................................................................................../s1/i20D,21D;6*1+1D;;;;;;;;;;;;;;;;;;;;;;;;;;;;;;;;;;;;;;;;;;;;;;;;;;;;;;;;;;;;;;;;;;;;;;;;;;;;;;;;;;;;;;;;;;;;;;;;;;;;;;;;;;;;;;;;;;;;;;;;;;;;;;;;;;;;;;;;;;;;;;;;;;;;;;;;;;;;;;;;;;;;;;;;;;;;;;;;;;;;;;;;;;;;;;;;;;;;;;;;;;;;;;;;;;;;;;;;;;;;;;;;;;;;;;;;;. The highest BCUT2D eigenvalue weighted by atomic mass is 16.5. The summed E-state index contributed by atoms with van der Waals surface area (Å²) in [4.78, 5) is 16.1. The summed E-state index contributed by atoms with van der Waals surface area (Å²) in [6.07, 6.45) is 0.638. The highest BCUT2D eigenvalue weighted by Crippen LogP contribution is 2.43. The number of nitrogens with zero attached hydrogens (tertiary/aromatic N) is 1. The Hall–Kier alpha value is -2.17. The van der Waals surface area contributed by atoms with Crippen LogP contribution in [0.5, 0.6) is 5.75 Å². The van der Waals surface area contributed by atoms with Crippen LogP contribution in [0.25, 0.3) is 0 Å². The highest BCUT2D eigenvalue weighted by Gasteiger charge is 2.37. The second kappa shape index (κ2) is 13.9. The second-order valence-corrected chi connectivity index (χ2v) is 13.8. The molecule has 0 heterocycles. The predicted molar refractivity (Wildman–Crippen MR) is 679 cm³/mol. The lowest BCUT2D eigenvalue weighted by Gasteiger charge is -2.47. The van der Waals surface area contributed by atoms with Crippen LogP contribution in [-0.2, 0) is 4.79 Å². The number of aryl methyl sites for hydroxylation is 1. The van der Waals surface area contributed by atoms with Crippen LogP contribution >= 0.6 is 0 Å². The van der Waals surface area contributed by atoms with E-state index in [0.29, 0.717) is 35.1 Å². The van der Waals surface area contributed by atoms with Crippen molar-refractivity contribution in [1.82, 2.24) is 4.90 Å². The fourth-order valence-electron chi connectivity index (χ4n) is 5.50. The van der Waals surface area contributed by atoms with Gasteiger partial charge in [-0.25, -0.2) is 0 Å². The molecule has 2 aromatic rings. The Balaban J connectivity index is -0.000000000425. The number of esters is 1. The number of benzene rings is 2. The van der Waals surface area contributed by atoms with Crippen LogP contribution in [-0.4, -0.2) is 34.1 Å². The Morgan fingerprint density at radius 3 is 2.15 bits per heavy atom. The molecule has 0 aliphatic carbocycles. The van der Waals surface area contributed by atoms with E-state index in [0.717, 1.165) is 29.7 Å². The Morgan fingerprint density at radius 2 is 1.63 bits per heavy atom. The molecular formula is C37H537NO3. The summed E-state index contributed by atoms with van der Waals surface area (Å²) in [6.45, 7) is 29.8. The molecule has 4 atom stereocenters. The molecule has 0 saturated carbocycles. The van der Waals surface area contributed by atoms with E-state index in [1.807, 2.05) is 26.8 Å². The number of rotatable bonds is 13. The third-order valence-corrected chi connectivity index (χ3v) is 9.89. The Kier molecular flexibility index (Phi) is 8.22. The number of aliphatic hydroxyl groups excluding tert-OH is 1. The molecule has 0 spiro atoms. The van der Waals surface area contributed by atoms with Gasteiger partial charge in [-0.1, -0.05) is 52.8 Å². The lowest BCUT2D eigenvalue weighted by atomic mass is 9.76. The van der Waals surface area contributed by atoms with Gasteiger partial charge in [0.1, 0.15) is 5.75 Å². The minimum absolute atomic E-state index is 0. The van der Waals surface area contributed by atoms with Crippen molar-refractivity contribution in [3.8, 4) is 5.75 Å². The van der Waals surface area contributed by atoms with Crippen LogP contribution in [0.1, 0.15) is 487 Å². The lowest BCUT2D eigenvalue weighted by molar-refractivity contribution is -0.144.